The van der Waals surface area contributed by atoms with Gasteiger partial charge < -0.3 is 11.1 Å². The van der Waals surface area contributed by atoms with Crippen LogP contribution in [0.3, 0.4) is 0 Å². The minimum absolute atomic E-state index is 0.0578. The van der Waals surface area contributed by atoms with E-state index >= 15 is 0 Å². The number of nitro groups is 1. The lowest BCUT2D eigenvalue weighted by Gasteiger charge is -2.31. The van der Waals surface area contributed by atoms with Gasteiger partial charge in [0.2, 0.25) is 0 Å². The van der Waals surface area contributed by atoms with E-state index in [1.165, 1.54) is 10.7 Å². The van der Waals surface area contributed by atoms with Crippen molar-refractivity contribution in [1.82, 2.24) is 15.1 Å². The lowest BCUT2D eigenvalue weighted by molar-refractivity contribution is -0.384. The van der Waals surface area contributed by atoms with Crippen molar-refractivity contribution in [2.45, 2.75) is 31.7 Å². The van der Waals surface area contributed by atoms with E-state index in [2.05, 4.69) is 10.4 Å². The van der Waals surface area contributed by atoms with Gasteiger partial charge in [-0.05, 0) is 37.4 Å². The SMILES string of the molecule is NCC1CCCCC1NC(=O)c1ccn(-c2ccccc2[N+](=O)[O-])n1. The third kappa shape index (κ3) is 3.69. The molecule has 2 aromatic rings. The number of aromatic nitrogens is 2. The van der Waals surface area contributed by atoms with Gasteiger partial charge in [-0.3, -0.25) is 14.9 Å². The first-order chi connectivity index (χ1) is 12.1. The molecule has 1 aromatic carbocycles. The molecule has 1 aliphatic rings. The van der Waals surface area contributed by atoms with Crippen LogP contribution in [0, 0.1) is 16.0 Å². The number of carbonyl (C=O) groups is 1. The number of hydrogen-bond donors (Lipinski definition) is 2. The van der Waals surface area contributed by atoms with E-state index in [0.29, 0.717) is 12.2 Å². The van der Waals surface area contributed by atoms with E-state index in [0.717, 1.165) is 25.7 Å². The van der Waals surface area contributed by atoms with Gasteiger partial charge in [0.25, 0.3) is 11.6 Å². The maximum atomic E-state index is 12.5. The molecule has 1 fully saturated rings. The summed E-state index contributed by atoms with van der Waals surface area (Å²) in [5, 5.41) is 18.4. The second kappa shape index (κ2) is 7.43. The largest absolute Gasteiger partial charge is 0.348 e. The molecule has 1 amide bonds. The fourth-order valence-electron chi connectivity index (χ4n) is 3.31. The summed E-state index contributed by atoms with van der Waals surface area (Å²) >= 11 is 0. The van der Waals surface area contributed by atoms with Gasteiger partial charge in [-0.2, -0.15) is 5.10 Å². The molecule has 0 spiro atoms. The van der Waals surface area contributed by atoms with Crippen molar-refractivity contribution < 1.29 is 9.72 Å². The molecule has 3 rings (SSSR count). The van der Waals surface area contributed by atoms with Gasteiger partial charge >= 0.3 is 0 Å². The first-order valence-electron chi connectivity index (χ1n) is 8.40. The quantitative estimate of drug-likeness (QED) is 0.636. The molecule has 1 aliphatic carbocycles. The molecule has 1 saturated carbocycles. The highest BCUT2D eigenvalue weighted by Crippen LogP contribution is 2.24. The summed E-state index contributed by atoms with van der Waals surface area (Å²) in [6.07, 6.45) is 5.70. The van der Waals surface area contributed by atoms with Gasteiger partial charge in [-0.15, -0.1) is 0 Å². The molecular formula is C17H21N5O3. The van der Waals surface area contributed by atoms with Gasteiger partial charge in [0.1, 0.15) is 5.69 Å². The molecule has 3 N–H and O–H groups in total. The summed E-state index contributed by atoms with van der Waals surface area (Å²) in [4.78, 5) is 23.1. The van der Waals surface area contributed by atoms with Gasteiger partial charge in [-0.25, -0.2) is 4.68 Å². The Morgan fingerprint density at radius 1 is 1.32 bits per heavy atom. The topological polar surface area (TPSA) is 116 Å². The number of para-hydroxylation sites is 2. The number of nitro benzene ring substituents is 1. The van der Waals surface area contributed by atoms with Crippen molar-refractivity contribution >= 4 is 11.6 Å². The van der Waals surface area contributed by atoms with Crippen LogP contribution in [0.1, 0.15) is 36.2 Å². The summed E-state index contributed by atoms with van der Waals surface area (Å²) in [5.74, 6) is 0.0117. The molecular weight excluding hydrogens is 322 g/mol. The third-order valence-corrected chi connectivity index (χ3v) is 4.68. The number of nitrogens with zero attached hydrogens (tertiary/aromatic N) is 3. The van der Waals surface area contributed by atoms with E-state index < -0.39 is 4.92 Å². The van der Waals surface area contributed by atoms with E-state index in [1.807, 2.05) is 0 Å². The van der Waals surface area contributed by atoms with Crippen molar-refractivity contribution in [2.75, 3.05) is 6.54 Å². The number of nitrogens with one attached hydrogen (secondary N) is 1. The first-order valence-corrected chi connectivity index (χ1v) is 8.40. The molecule has 1 heterocycles. The third-order valence-electron chi connectivity index (χ3n) is 4.68. The van der Waals surface area contributed by atoms with E-state index in [4.69, 9.17) is 5.73 Å². The summed E-state index contributed by atoms with van der Waals surface area (Å²) in [6, 6.07) is 7.91. The predicted octanol–water partition coefficient (Wildman–Crippen LogP) is 2.03. The normalized spacial score (nSPS) is 20.2. The maximum Gasteiger partial charge on any atom is 0.294 e. The zero-order valence-corrected chi connectivity index (χ0v) is 13.8. The van der Waals surface area contributed by atoms with Crippen molar-refractivity contribution in [3.05, 3.63) is 52.3 Å². The van der Waals surface area contributed by atoms with Crippen molar-refractivity contribution in [1.29, 1.82) is 0 Å². The smallest absolute Gasteiger partial charge is 0.294 e. The van der Waals surface area contributed by atoms with Crippen molar-refractivity contribution in [3.8, 4) is 5.69 Å². The fraction of sp³-hybridized carbons (Fsp3) is 0.412. The molecule has 1 aromatic heterocycles. The van der Waals surface area contributed by atoms with E-state index in [-0.39, 0.29) is 29.2 Å². The maximum absolute atomic E-state index is 12.5. The average molecular weight is 343 g/mol. The summed E-state index contributed by atoms with van der Waals surface area (Å²) in [7, 11) is 0. The Labute approximate surface area is 145 Å². The summed E-state index contributed by atoms with van der Waals surface area (Å²) in [6.45, 7) is 0.551. The van der Waals surface area contributed by atoms with Crippen LogP contribution in [-0.4, -0.2) is 33.2 Å². The molecule has 2 atom stereocenters. The van der Waals surface area contributed by atoms with Crippen LogP contribution < -0.4 is 11.1 Å². The van der Waals surface area contributed by atoms with Gasteiger partial charge in [0, 0.05) is 18.3 Å². The summed E-state index contributed by atoms with van der Waals surface area (Å²) < 4.78 is 1.36. The predicted molar refractivity (Wildman–Crippen MR) is 92.5 cm³/mol. The molecule has 132 valence electrons. The highest BCUT2D eigenvalue weighted by molar-refractivity contribution is 5.92. The van der Waals surface area contributed by atoms with Crippen molar-refractivity contribution in [2.24, 2.45) is 11.7 Å². The van der Waals surface area contributed by atoms with Crippen LogP contribution in [0.15, 0.2) is 36.5 Å². The lowest BCUT2D eigenvalue weighted by atomic mass is 9.84. The molecule has 25 heavy (non-hydrogen) atoms. The number of amides is 1. The number of hydrogen-bond acceptors (Lipinski definition) is 5. The Balaban J connectivity index is 1.77. The minimum atomic E-state index is -0.468. The van der Waals surface area contributed by atoms with Crippen molar-refractivity contribution in [3.63, 3.8) is 0 Å². The fourth-order valence-corrected chi connectivity index (χ4v) is 3.31. The average Bonchev–Trinajstić information content (AvgIpc) is 3.12. The number of nitrogens with two attached hydrogens (primary N) is 1. The van der Waals surface area contributed by atoms with Gasteiger partial charge in [0.05, 0.1) is 4.92 Å². The number of rotatable bonds is 5. The molecule has 0 saturated heterocycles. The van der Waals surface area contributed by atoms with E-state index in [9.17, 15) is 14.9 Å². The molecule has 0 radical (unpaired) electrons. The Morgan fingerprint density at radius 3 is 2.84 bits per heavy atom. The van der Waals surface area contributed by atoms with Gasteiger partial charge in [0.15, 0.2) is 5.69 Å². The number of carbonyl (C=O) groups excluding carboxylic acids is 1. The zero-order valence-electron chi connectivity index (χ0n) is 13.8. The second-order valence-corrected chi connectivity index (χ2v) is 6.25. The van der Waals surface area contributed by atoms with Crippen LogP contribution >= 0.6 is 0 Å². The van der Waals surface area contributed by atoms with Crippen LogP contribution in [-0.2, 0) is 0 Å². The minimum Gasteiger partial charge on any atom is -0.348 e. The highest BCUT2D eigenvalue weighted by atomic mass is 16.6. The molecule has 8 nitrogen and oxygen atoms in total. The first kappa shape index (κ1) is 17.1. The highest BCUT2D eigenvalue weighted by Gasteiger charge is 2.26. The molecule has 2 unspecified atom stereocenters. The molecule has 8 heteroatoms. The molecule has 0 bridgehead atoms. The van der Waals surface area contributed by atoms with Crippen LogP contribution in [0.25, 0.3) is 5.69 Å². The lowest BCUT2D eigenvalue weighted by Crippen LogP contribution is -2.44. The summed E-state index contributed by atoms with van der Waals surface area (Å²) in [5.41, 5.74) is 6.30. The zero-order chi connectivity index (χ0) is 17.8. The molecule has 0 aliphatic heterocycles. The van der Waals surface area contributed by atoms with Crippen LogP contribution in [0.5, 0.6) is 0 Å². The van der Waals surface area contributed by atoms with E-state index in [1.54, 1.807) is 30.5 Å². The second-order valence-electron chi connectivity index (χ2n) is 6.25. The van der Waals surface area contributed by atoms with Gasteiger partial charge in [-0.1, -0.05) is 25.0 Å². The Bertz CT molecular complexity index is 773. The Kier molecular flexibility index (Phi) is 5.08. The Hall–Kier alpha value is -2.74. The number of benzene rings is 1. The Morgan fingerprint density at radius 2 is 2.08 bits per heavy atom. The monoisotopic (exact) mass is 343 g/mol. The van der Waals surface area contributed by atoms with Crippen LogP contribution in [0.4, 0.5) is 5.69 Å². The standard InChI is InChI=1S/C17H21N5O3/c18-11-12-5-1-2-6-13(12)19-17(23)14-9-10-21(20-14)15-7-3-4-8-16(15)22(24)25/h3-4,7-10,12-13H,1-2,5-6,11,18H2,(H,19,23). The van der Waals surface area contributed by atoms with Crippen LogP contribution in [0.2, 0.25) is 0 Å².